The first-order chi connectivity index (χ1) is 8.66. The first-order valence-electron chi connectivity index (χ1n) is 5.71. The van der Waals surface area contributed by atoms with Gasteiger partial charge in [0.15, 0.2) is 0 Å². The summed E-state index contributed by atoms with van der Waals surface area (Å²) in [6.07, 6.45) is 1.62. The summed E-state index contributed by atoms with van der Waals surface area (Å²) in [5.74, 6) is -0.244. The van der Waals surface area contributed by atoms with Gasteiger partial charge in [-0.2, -0.15) is 0 Å². The van der Waals surface area contributed by atoms with E-state index < -0.39 is 6.04 Å². The van der Waals surface area contributed by atoms with E-state index in [2.05, 4.69) is 10.3 Å². The second-order valence-electron chi connectivity index (χ2n) is 4.07. The molecule has 92 valence electrons. The van der Waals surface area contributed by atoms with Gasteiger partial charge in [0.1, 0.15) is 6.04 Å². The van der Waals surface area contributed by atoms with Crippen molar-refractivity contribution in [1.29, 1.82) is 0 Å². The van der Waals surface area contributed by atoms with Crippen molar-refractivity contribution in [3.05, 3.63) is 59.9 Å². The molecule has 1 atom stereocenters. The number of nitrogens with one attached hydrogen (secondary N) is 1. The van der Waals surface area contributed by atoms with Gasteiger partial charge in [-0.3, -0.25) is 9.78 Å². The lowest BCUT2D eigenvalue weighted by atomic mass is 10.1. The number of amides is 1. The highest BCUT2D eigenvalue weighted by Crippen LogP contribution is 2.13. The Labute approximate surface area is 106 Å². The van der Waals surface area contributed by atoms with Crippen molar-refractivity contribution in [2.45, 2.75) is 13.0 Å². The molecule has 1 aromatic heterocycles. The smallest absolute Gasteiger partial charge is 0.245 e. The lowest BCUT2D eigenvalue weighted by molar-refractivity contribution is -0.117. The summed E-state index contributed by atoms with van der Waals surface area (Å²) in [6.45, 7) is 1.89. The molecule has 3 N–H and O–H groups in total. The molecule has 0 saturated heterocycles. The third kappa shape index (κ3) is 2.93. The van der Waals surface area contributed by atoms with Crippen LogP contribution in [-0.4, -0.2) is 10.9 Å². The Morgan fingerprint density at radius 2 is 1.94 bits per heavy atom. The van der Waals surface area contributed by atoms with Gasteiger partial charge in [0, 0.05) is 5.69 Å². The van der Waals surface area contributed by atoms with E-state index in [1.54, 1.807) is 12.3 Å². The maximum absolute atomic E-state index is 11.9. The highest BCUT2D eigenvalue weighted by atomic mass is 16.2. The molecular formula is C14H15N3O. The molecule has 18 heavy (non-hydrogen) atoms. The minimum atomic E-state index is -0.674. The van der Waals surface area contributed by atoms with Crippen LogP contribution in [-0.2, 0) is 4.79 Å². The molecular weight excluding hydrogens is 226 g/mol. The lowest BCUT2D eigenvalue weighted by Gasteiger charge is -2.12. The zero-order valence-corrected chi connectivity index (χ0v) is 10.1. The van der Waals surface area contributed by atoms with E-state index in [0.29, 0.717) is 5.69 Å². The Bertz CT molecular complexity index is 522. The average Bonchev–Trinajstić information content (AvgIpc) is 2.41. The summed E-state index contributed by atoms with van der Waals surface area (Å²) < 4.78 is 0. The van der Waals surface area contributed by atoms with Crippen LogP contribution >= 0.6 is 0 Å². The zero-order valence-electron chi connectivity index (χ0n) is 10.1. The van der Waals surface area contributed by atoms with Gasteiger partial charge in [-0.1, -0.05) is 30.3 Å². The molecule has 1 aromatic carbocycles. The van der Waals surface area contributed by atoms with E-state index in [1.807, 2.05) is 43.3 Å². The maximum atomic E-state index is 11.9. The number of nitrogens with zero attached hydrogens (tertiary/aromatic N) is 1. The Kier molecular flexibility index (Phi) is 3.69. The Hall–Kier alpha value is -2.20. The fourth-order valence-electron chi connectivity index (χ4n) is 1.57. The van der Waals surface area contributed by atoms with Crippen LogP contribution in [0.2, 0.25) is 0 Å². The van der Waals surface area contributed by atoms with Gasteiger partial charge in [-0.05, 0) is 24.6 Å². The van der Waals surface area contributed by atoms with Crippen molar-refractivity contribution in [2.75, 3.05) is 5.32 Å². The molecule has 0 aliphatic rings. The molecule has 0 bridgehead atoms. The summed E-state index contributed by atoms with van der Waals surface area (Å²) in [5, 5.41) is 2.74. The van der Waals surface area contributed by atoms with Crippen LogP contribution in [0.4, 0.5) is 5.69 Å². The number of pyridine rings is 1. The highest BCUT2D eigenvalue weighted by Gasteiger charge is 2.15. The Morgan fingerprint density at radius 1 is 1.22 bits per heavy atom. The maximum Gasteiger partial charge on any atom is 0.245 e. The number of aromatic nitrogens is 1. The number of carbonyl (C=O) groups is 1. The minimum Gasteiger partial charge on any atom is -0.323 e. The van der Waals surface area contributed by atoms with Gasteiger partial charge in [-0.15, -0.1) is 0 Å². The van der Waals surface area contributed by atoms with E-state index in [9.17, 15) is 4.79 Å². The third-order valence-electron chi connectivity index (χ3n) is 2.62. The number of benzene rings is 1. The largest absolute Gasteiger partial charge is 0.323 e. The summed E-state index contributed by atoms with van der Waals surface area (Å²) in [4.78, 5) is 16.0. The van der Waals surface area contributed by atoms with E-state index in [4.69, 9.17) is 5.73 Å². The normalized spacial score (nSPS) is 11.9. The van der Waals surface area contributed by atoms with Gasteiger partial charge in [0.05, 0.1) is 11.9 Å². The molecule has 4 nitrogen and oxygen atoms in total. The monoisotopic (exact) mass is 241 g/mol. The molecule has 0 fully saturated rings. The van der Waals surface area contributed by atoms with Gasteiger partial charge in [-0.25, -0.2) is 0 Å². The van der Waals surface area contributed by atoms with E-state index in [0.717, 1.165) is 11.3 Å². The van der Waals surface area contributed by atoms with Crippen molar-refractivity contribution < 1.29 is 4.79 Å². The molecule has 1 heterocycles. The van der Waals surface area contributed by atoms with Gasteiger partial charge >= 0.3 is 0 Å². The molecule has 4 heteroatoms. The van der Waals surface area contributed by atoms with Crippen molar-refractivity contribution >= 4 is 11.6 Å². The standard InChI is InChI=1S/C14H15N3O/c1-10-7-8-12(9-16-10)17-14(18)13(15)11-5-3-2-4-6-11/h2-9,13H,15H2,1H3,(H,17,18)/t13-/m0/s1. The average molecular weight is 241 g/mol. The van der Waals surface area contributed by atoms with Crippen LogP contribution in [0.15, 0.2) is 48.7 Å². The fourth-order valence-corrected chi connectivity index (χ4v) is 1.57. The number of anilines is 1. The van der Waals surface area contributed by atoms with E-state index >= 15 is 0 Å². The SMILES string of the molecule is Cc1ccc(NC(=O)[C@@H](N)c2ccccc2)cn1. The third-order valence-corrected chi connectivity index (χ3v) is 2.62. The van der Waals surface area contributed by atoms with Gasteiger partial charge < -0.3 is 11.1 Å². The number of nitrogens with two attached hydrogens (primary N) is 1. The van der Waals surface area contributed by atoms with E-state index in [1.165, 1.54) is 0 Å². The van der Waals surface area contributed by atoms with Crippen LogP contribution in [0.3, 0.4) is 0 Å². The quantitative estimate of drug-likeness (QED) is 0.864. The fraction of sp³-hybridized carbons (Fsp3) is 0.143. The van der Waals surface area contributed by atoms with Gasteiger partial charge in [0.2, 0.25) is 5.91 Å². The second-order valence-corrected chi connectivity index (χ2v) is 4.07. The zero-order chi connectivity index (χ0) is 13.0. The first kappa shape index (κ1) is 12.3. The van der Waals surface area contributed by atoms with Crippen molar-refractivity contribution in [3.63, 3.8) is 0 Å². The molecule has 1 amide bonds. The predicted octanol–water partition coefficient (Wildman–Crippen LogP) is 2.03. The van der Waals surface area contributed by atoms with Crippen LogP contribution in [0.5, 0.6) is 0 Å². The summed E-state index contributed by atoms with van der Waals surface area (Å²) in [6, 6.07) is 12.2. The number of hydrogen-bond donors (Lipinski definition) is 2. The van der Waals surface area contributed by atoms with Crippen LogP contribution < -0.4 is 11.1 Å². The van der Waals surface area contributed by atoms with Crippen LogP contribution in [0.25, 0.3) is 0 Å². The predicted molar refractivity (Wildman–Crippen MR) is 71.0 cm³/mol. The Morgan fingerprint density at radius 3 is 2.56 bits per heavy atom. The lowest BCUT2D eigenvalue weighted by Crippen LogP contribution is -2.27. The summed E-state index contributed by atoms with van der Waals surface area (Å²) in [7, 11) is 0. The topological polar surface area (TPSA) is 68.0 Å². The molecule has 2 aromatic rings. The van der Waals surface area contributed by atoms with Crippen molar-refractivity contribution in [1.82, 2.24) is 4.98 Å². The molecule has 2 rings (SSSR count). The molecule has 0 aliphatic carbocycles. The highest BCUT2D eigenvalue weighted by molar-refractivity contribution is 5.95. The molecule has 0 unspecified atom stereocenters. The summed E-state index contributed by atoms with van der Waals surface area (Å²) >= 11 is 0. The Balaban J connectivity index is 2.06. The molecule has 0 radical (unpaired) electrons. The van der Waals surface area contributed by atoms with Crippen molar-refractivity contribution in [2.24, 2.45) is 5.73 Å². The van der Waals surface area contributed by atoms with Gasteiger partial charge in [0.25, 0.3) is 0 Å². The number of hydrogen-bond acceptors (Lipinski definition) is 3. The summed E-state index contributed by atoms with van der Waals surface area (Å²) in [5.41, 5.74) is 8.22. The molecule has 0 saturated carbocycles. The van der Waals surface area contributed by atoms with Crippen LogP contribution in [0.1, 0.15) is 17.3 Å². The number of aryl methyl sites for hydroxylation is 1. The number of rotatable bonds is 3. The second kappa shape index (κ2) is 5.42. The van der Waals surface area contributed by atoms with Crippen molar-refractivity contribution in [3.8, 4) is 0 Å². The molecule has 0 aliphatic heterocycles. The number of carbonyl (C=O) groups excluding carboxylic acids is 1. The van der Waals surface area contributed by atoms with E-state index in [-0.39, 0.29) is 5.91 Å². The molecule has 0 spiro atoms. The first-order valence-corrected chi connectivity index (χ1v) is 5.71. The van der Waals surface area contributed by atoms with Crippen LogP contribution in [0, 0.1) is 6.92 Å². The minimum absolute atomic E-state index is 0.244.